The van der Waals surface area contributed by atoms with Crippen LogP contribution in [0.2, 0.25) is 0 Å². The number of phenolic OH excluding ortho intramolecular Hbond substituents is 1. The zero-order valence-electron chi connectivity index (χ0n) is 17.8. The molecule has 0 spiro atoms. The van der Waals surface area contributed by atoms with Gasteiger partial charge >= 0.3 is 0 Å². The number of hydrogen-bond acceptors (Lipinski definition) is 6. The zero-order chi connectivity index (χ0) is 21.9. The highest BCUT2D eigenvalue weighted by molar-refractivity contribution is 7.13. The number of anilines is 1. The number of methoxy groups -OCH3 is 2. The van der Waals surface area contributed by atoms with Crippen molar-refractivity contribution in [1.82, 2.24) is 4.98 Å². The van der Waals surface area contributed by atoms with Gasteiger partial charge in [0.15, 0.2) is 11.5 Å². The van der Waals surface area contributed by atoms with E-state index in [-0.39, 0.29) is 23.5 Å². The van der Waals surface area contributed by atoms with E-state index in [2.05, 4.69) is 31.1 Å². The predicted molar refractivity (Wildman–Crippen MR) is 120 cm³/mol. The largest absolute Gasteiger partial charge is 0.506 e. The number of nitrogens with one attached hydrogen (secondary N) is 1. The van der Waals surface area contributed by atoms with Gasteiger partial charge < -0.3 is 19.9 Å². The third-order valence-electron chi connectivity index (χ3n) is 4.66. The molecule has 30 heavy (non-hydrogen) atoms. The molecule has 7 heteroatoms. The molecule has 0 unspecified atom stereocenters. The number of amides is 1. The van der Waals surface area contributed by atoms with E-state index in [1.807, 2.05) is 35.7 Å². The fraction of sp³-hybridized carbons (Fsp3) is 0.304. The lowest BCUT2D eigenvalue weighted by Crippen LogP contribution is -2.16. The van der Waals surface area contributed by atoms with Crippen LogP contribution in [-0.2, 0) is 16.6 Å². The quantitative estimate of drug-likeness (QED) is 0.542. The fourth-order valence-corrected chi connectivity index (χ4v) is 3.77. The van der Waals surface area contributed by atoms with Crippen LogP contribution in [0.1, 0.15) is 32.0 Å². The summed E-state index contributed by atoms with van der Waals surface area (Å²) in [5.74, 6) is 1.08. The van der Waals surface area contributed by atoms with Gasteiger partial charge in [0.1, 0.15) is 10.8 Å². The summed E-state index contributed by atoms with van der Waals surface area (Å²) < 4.78 is 10.6. The van der Waals surface area contributed by atoms with E-state index < -0.39 is 0 Å². The van der Waals surface area contributed by atoms with Crippen LogP contribution in [0.3, 0.4) is 0 Å². The molecule has 0 aliphatic rings. The van der Waals surface area contributed by atoms with Crippen molar-refractivity contribution in [2.24, 2.45) is 0 Å². The van der Waals surface area contributed by atoms with Crippen LogP contribution in [0.15, 0.2) is 41.8 Å². The molecule has 0 atom stereocenters. The van der Waals surface area contributed by atoms with Crippen molar-refractivity contribution in [2.75, 3.05) is 19.5 Å². The molecule has 1 heterocycles. The van der Waals surface area contributed by atoms with Gasteiger partial charge in [0.05, 0.1) is 32.0 Å². The van der Waals surface area contributed by atoms with Gasteiger partial charge in [-0.2, -0.15) is 0 Å². The highest BCUT2D eigenvalue weighted by atomic mass is 32.1. The van der Waals surface area contributed by atoms with Crippen molar-refractivity contribution in [3.8, 4) is 27.8 Å². The Balaban J connectivity index is 1.73. The first kappa shape index (κ1) is 21.6. The average Bonchev–Trinajstić information content (AvgIpc) is 3.16. The number of carbonyl (C=O) groups excluding carboxylic acids is 1. The third kappa shape index (κ3) is 4.91. The molecule has 0 aliphatic carbocycles. The minimum atomic E-state index is -0.236. The molecule has 2 N–H and O–H groups in total. The van der Waals surface area contributed by atoms with E-state index in [1.165, 1.54) is 11.3 Å². The maximum atomic E-state index is 12.5. The summed E-state index contributed by atoms with van der Waals surface area (Å²) in [6.07, 6.45) is 0.114. The van der Waals surface area contributed by atoms with Crippen molar-refractivity contribution < 1.29 is 19.4 Å². The van der Waals surface area contributed by atoms with E-state index in [0.29, 0.717) is 22.9 Å². The minimum absolute atomic E-state index is 0.0423. The number of benzene rings is 2. The van der Waals surface area contributed by atoms with Crippen molar-refractivity contribution in [1.29, 1.82) is 0 Å². The molecular weight excluding hydrogens is 400 g/mol. The van der Waals surface area contributed by atoms with Crippen LogP contribution < -0.4 is 14.8 Å². The molecular formula is C23H26N2O4S. The normalized spacial score (nSPS) is 11.2. The molecule has 158 valence electrons. The van der Waals surface area contributed by atoms with Crippen LogP contribution >= 0.6 is 11.3 Å². The molecule has 0 radical (unpaired) electrons. The Bertz CT molecular complexity index is 1050. The fourth-order valence-electron chi connectivity index (χ4n) is 2.95. The third-order valence-corrected chi connectivity index (χ3v) is 5.60. The molecule has 1 aromatic heterocycles. The second-order valence-corrected chi connectivity index (χ2v) is 8.78. The molecule has 2 aromatic carbocycles. The number of nitrogens with zero attached hydrogens (tertiary/aromatic N) is 1. The summed E-state index contributed by atoms with van der Waals surface area (Å²) in [6.45, 7) is 6.24. The van der Waals surface area contributed by atoms with E-state index in [4.69, 9.17) is 9.47 Å². The van der Waals surface area contributed by atoms with E-state index in [0.717, 1.165) is 16.1 Å². The van der Waals surface area contributed by atoms with Gasteiger partial charge in [0.2, 0.25) is 5.91 Å². The van der Waals surface area contributed by atoms with Crippen LogP contribution in [0.4, 0.5) is 5.69 Å². The lowest BCUT2D eigenvalue weighted by atomic mass is 9.87. The van der Waals surface area contributed by atoms with Crippen molar-refractivity contribution in [2.45, 2.75) is 32.6 Å². The highest BCUT2D eigenvalue weighted by Gasteiger charge is 2.17. The number of carbonyl (C=O) groups is 1. The van der Waals surface area contributed by atoms with Crippen molar-refractivity contribution in [3.05, 3.63) is 53.0 Å². The number of hydrogen-bond donors (Lipinski definition) is 2. The van der Waals surface area contributed by atoms with Gasteiger partial charge in [-0.05, 0) is 41.3 Å². The van der Waals surface area contributed by atoms with E-state index in [1.54, 1.807) is 20.3 Å². The smallest absolute Gasteiger partial charge is 0.230 e. The highest BCUT2D eigenvalue weighted by Crippen LogP contribution is 2.34. The Morgan fingerprint density at radius 1 is 1.10 bits per heavy atom. The lowest BCUT2D eigenvalue weighted by Gasteiger charge is -2.20. The SMILES string of the molecule is COc1ccc(-c2nc(CC(=O)Nc3cc(C(C)(C)C)ccc3O)cs2)cc1OC. The van der Waals surface area contributed by atoms with E-state index >= 15 is 0 Å². The van der Waals surface area contributed by atoms with Gasteiger partial charge in [-0.3, -0.25) is 4.79 Å². The van der Waals surface area contributed by atoms with E-state index in [9.17, 15) is 9.90 Å². The summed E-state index contributed by atoms with van der Waals surface area (Å²) in [5.41, 5.74) is 2.90. The number of thiazole rings is 1. The van der Waals surface area contributed by atoms with Gasteiger partial charge in [-0.15, -0.1) is 11.3 Å². The van der Waals surface area contributed by atoms with Crippen LogP contribution in [0.5, 0.6) is 17.2 Å². The second-order valence-electron chi connectivity index (χ2n) is 7.92. The molecule has 0 saturated heterocycles. The van der Waals surface area contributed by atoms with Crippen LogP contribution in [0, 0.1) is 0 Å². The number of aromatic hydroxyl groups is 1. The van der Waals surface area contributed by atoms with Gasteiger partial charge in [0, 0.05) is 10.9 Å². The van der Waals surface area contributed by atoms with Crippen LogP contribution in [0.25, 0.3) is 10.6 Å². The first-order valence-electron chi connectivity index (χ1n) is 9.51. The maximum absolute atomic E-state index is 12.5. The Morgan fingerprint density at radius 2 is 1.83 bits per heavy atom. The topological polar surface area (TPSA) is 80.7 Å². The molecule has 0 saturated carbocycles. The monoisotopic (exact) mass is 426 g/mol. The summed E-state index contributed by atoms with van der Waals surface area (Å²) in [5, 5.41) is 15.5. The molecule has 6 nitrogen and oxygen atoms in total. The number of ether oxygens (including phenoxy) is 2. The van der Waals surface area contributed by atoms with Crippen molar-refractivity contribution >= 4 is 22.9 Å². The van der Waals surface area contributed by atoms with Gasteiger partial charge in [-0.25, -0.2) is 4.98 Å². The number of rotatable bonds is 6. The zero-order valence-corrected chi connectivity index (χ0v) is 18.6. The molecule has 0 fully saturated rings. The molecule has 0 aliphatic heterocycles. The molecule has 0 bridgehead atoms. The van der Waals surface area contributed by atoms with Gasteiger partial charge in [0.25, 0.3) is 0 Å². The standard InChI is InChI=1S/C23H26N2O4S/c1-23(2,3)15-7-8-18(26)17(11-15)25-21(27)12-16-13-30-22(24-16)14-6-9-19(28-4)20(10-14)29-5/h6-11,13,26H,12H2,1-5H3,(H,25,27). The Morgan fingerprint density at radius 3 is 2.50 bits per heavy atom. The summed E-state index contributed by atoms with van der Waals surface area (Å²) in [4.78, 5) is 17.1. The first-order valence-corrected chi connectivity index (χ1v) is 10.4. The molecule has 1 amide bonds. The molecule has 3 aromatic rings. The van der Waals surface area contributed by atoms with Gasteiger partial charge in [-0.1, -0.05) is 26.8 Å². The Kier molecular flexibility index (Phi) is 6.31. The van der Waals surface area contributed by atoms with Crippen molar-refractivity contribution in [3.63, 3.8) is 0 Å². The Hall–Kier alpha value is -3.06. The second kappa shape index (κ2) is 8.75. The number of aromatic nitrogens is 1. The Labute approximate surface area is 180 Å². The first-order chi connectivity index (χ1) is 14.2. The predicted octanol–water partition coefficient (Wildman–Crippen LogP) is 5.01. The average molecular weight is 427 g/mol. The van der Waals surface area contributed by atoms with Crippen LogP contribution in [-0.4, -0.2) is 30.2 Å². The summed E-state index contributed by atoms with van der Waals surface area (Å²) in [7, 11) is 3.18. The number of phenols is 1. The maximum Gasteiger partial charge on any atom is 0.230 e. The molecule has 3 rings (SSSR count). The lowest BCUT2D eigenvalue weighted by molar-refractivity contribution is -0.115. The summed E-state index contributed by atoms with van der Waals surface area (Å²) >= 11 is 1.46. The summed E-state index contributed by atoms with van der Waals surface area (Å²) in [6, 6.07) is 10.9. The minimum Gasteiger partial charge on any atom is -0.506 e.